The number of ether oxygens (including phenoxy) is 1. The highest BCUT2D eigenvalue weighted by Crippen LogP contribution is 2.29. The average molecular weight is 374 g/mol. The Bertz CT molecular complexity index is 767. The zero-order chi connectivity index (χ0) is 18.4. The Morgan fingerprint density at radius 3 is 2.44 bits per heavy atom. The van der Waals surface area contributed by atoms with Gasteiger partial charge in [0.1, 0.15) is 10.1 Å². The number of thiocarbonyl (C=S) groups is 1. The molecule has 1 saturated heterocycles. The summed E-state index contributed by atoms with van der Waals surface area (Å²) in [5, 5.41) is 0. The maximum atomic E-state index is 11.8. The lowest BCUT2D eigenvalue weighted by Gasteiger charge is -2.16. The molecule has 0 unspecified atom stereocenters. The minimum Gasteiger partial charge on any atom is -0.497 e. The van der Waals surface area contributed by atoms with Gasteiger partial charge in [-0.15, -0.1) is 0 Å². The Labute approximate surface area is 156 Å². The number of hydrogen-bond donors (Lipinski definition) is 0. The predicted octanol–water partition coefficient (Wildman–Crippen LogP) is 3.49. The summed E-state index contributed by atoms with van der Waals surface area (Å²) >= 11 is 6.34. The molecule has 0 N–H and O–H groups in total. The summed E-state index contributed by atoms with van der Waals surface area (Å²) in [6, 6.07) is 7.20. The summed E-state index contributed by atoms with van der Waals surface area (Å²) in [5.74, 6) is 0.512. The van der Waals surface area contributed by atoms with Crippen LogP contribution in [0.15, 0.2) is 59.7 Å². The molecular weight excluding hydrogens is 356 g/mol. The van der Waals surface area contributed by atoms with Crippen molar-refractivity contribution in [2.75, 3.05) is 19.1 Å². The number of hydrogen-bond acceptors (Lipinski definition) is 5. The summed E-state index contributed by atoms with van der Waals surface area (Å²) in [7, 11) is 3.25. The van der Waals surface area contributed by atoms with Crippen molar-refractivity contribution in [3.05, 3.63) is 59.7 Å². The van der Waals surface area contributed by atoms with Crippen LogP contribution in [0.3, 0.4) is 0 Å². The van der Waals surface area contributed by atoms with Gasteiger partial charge in [0.05, 0.1) is 12.0 Å². The number of rotatable bonds is 5. The number of amides is 2. The highest BCUT2D eigenvalue weighted by atomic mass is 32.2. The van der Waals surface area contributed by atoms with Gasteiger partial charge in [0.2, 0.25) is 5.91 Å². The molecule has 0 aliphatic carbocycles. The maximum Gasteiger partial charge on any atom is 0.265 e. The number of carbonyl (C=O) groups excluding carboxylic acids is 2. The predicted molar refractivity (Wildman–Crippen MR) is 105 cm³/mol. The summed E-state index contributed by atoms with van der Waals surface area (Å²) in [6.45, 7) is 1.49. The van der Waals surface area contributed by atoms with Crippen LogP contribution in [0.4, 0.5) is 5.69 Å². The second-order valence-electron chi connectivity index (χ2n) is 5.08. The van der Waals surface area contributed by atoms with Crippen LogP contribution in [0, 0.1) is 0 Å². The molecule has 0 saturated carbocycles. The van der Waals surface area contributed by atoms with Crippen molar-refractivity contribution in [1.82, 2.24) is 4.90 Å². The molecule has 1 fully saturated rings. The number of carbonyl (C=O) groups is 2. The van der Waals surface area contributed by atoms with E-state index >= 15 is 0 Å². The van der Waals surface area contributed by atoms with Crippen molar-refractivity contribution in [1.29, 1.82) is 0 Å². The van der Waals surface area contributed by atoms with E-state index in [4.69, 9.17) is 17.0 Å². The van der Waals surface area contributed by atoms with Gasteiger partial charge in [0, 0.05) is 25.9 Å². The van der Waals surface area contributed by atoms with Gasteiger partial charge < -0.3 is 4.74 Å². The Hall–Kier alpha value is -2.38. The molecule has 0 radical (unpaired) electrons. The summed E-state index contributed by atoms with van der Waals surface area (Å²) < 4.78 is 5.66. The molecule has 25 heavy (non-hydrogen) atoms. The van der Waals surface area contributed by atoms with Crippen LogP contribution in [0.1, 0.15) is 6.92 Å². The quantitative estimate of drug-likeness (QED) is 0.449. The second kappa shape index (κ2) is 8.64. The van der Waals surface area contributed by atoms with E-state index in [2.05, 4.69) is 0 Å². The van der Waals surface area contributed by atoms with Gasteiger partial charge in [0.15, 0.2) is 0 Å². The smallest absolute Gasteiger partial charge is 0.265 e. The molecule has 1 aromatic carbocycles. The zero-order valence-corrected chi connectivity index (χ0v) is 15.8. The molecule has 1 aliphatic heterocycles. The standard InChI is InChI=1S/C18H18N2O3S2/c1-13(21)20(14-8-10-15(23-3)11-9-14)12-6-4-5-7-16-17(22)19(2)18(24)25-16/h4-12H,1-3H3/b5-4+,12-6+,16-7+. The van der Waals surface area contributed by atoms with Gasteiger partial charge in [-0.1, -0.05) is 36.1 Å². The molecule has 1 heterocycles. The molecule has 0 atom stereocenters. The van der Waals surface area contributed by atoms with Crippen molar-refractivity contribution >= 4 is 45.8 Å². The van der Waals surface area contributed by atoms with Crippen LogP contribution >= 0.6 is 24.0 Å². The monoisotopic (exact) mass is 374 g/mol. The van der Waals surface area contributed by atoms with E-state index < -0.39 is 0 Å². The van der Waals surface area contributed by atoms with Crippen molar-refractivity contribution in [2.24, 2.45) is 0 Å². The fraction of sp³-hybridized carbons (Fsp3) is 0.167. The third kappa shape index (κ3) is 4.80. The SMILES string of the molecule is COc1ccc(N(/C=C/C=C/C=C2/SC(=S)N(C)C2=O)C(C)=O)cc1. The molecule has 2 amide bonds. The van der Waals surface area contributed by atoms with Crippen LogP contribution in [0.25, 0.3) is 0 Å². The van der Waals surface area contributed by atoms with E-state index in [0.717, 1.165) is 11.4 Å². The normalized spacial score (nSPS) is 16.4. The van der Waals surface area contributed by atoms with E-state index in [1.54, 1.807) is 68.9 Å². The zero-order valence-electron chi connectivity index (χ0n) is 14.1. The van der Waals surface area contributed by atoms with Gasteiger partial charge in [-0.3, -0.25) is 19.4 Å². The van der Waals surface area contributed by atoms with Crippen LogP contribution in [-0.2, 0) is 9.59 Å². The minimum atomic E-state index is -0.110. The lowest BCUT2D eigenvalue weighted by Crippen LogP contribution is -2.22. The van der Waals surface area contributed by atoms with E-state index in [-0.39, 0.29) is 11.8 Å². The van der Waals surface area contributed by atoms with Crippen molar-refractivity contribution in [3.8, 4) is 5.75 Å². The van der Waals surface area contributed by atoms with Crippen molar-refractivity contribution in [2.45, 2.75) is 6.92 Å². The van der Waals surface area contributed by atoms with Gasteiger partial charge in [-0.2, -0.15) is 0 Å². The third-order valence-electron chi connectivity index (χ3n) is 3.38. The molecule has 1 aliphatic rings. The largest absolute Gasteiger partial charge is 0.497 e. The second-order valence-corrected chi connectivity index (χ2v) is 6.75. The molecular formula is C18H18N2O3S2. The average Bonchev–Trinajstić information content (AvgIpc) is 2.85. The number of thioether (sulfide) groups is 1. The fourth-order valence-corrected chi connectivity index (χ4v) is 3.15. The van der Waals surface area contributed by atoms with Crippen molar-refractivity contribution in [3.63, 3.8) is 0 Å². The van der Waals surface area contributed by atoms with E-state index in [0.29, 0.717) is 9.23 Å². The Kier molecular flexibility index (Phi) is 6.55. The van der Waals surface area contributed by atoms with Gasteiger partial charge in [-0.25, -0.2) is 0 Å². The Morgan fingerprint density at radius 2 is 1.92 bits per heavy atom. The first-order chi connectivity index (χ1) is 11.9. The number of benzene rings is 1. The number of anilines is 1. The van der Waals surface area contributed by atoms with E-state index in [1.807, 2.05) is 0 Å². The molecule has 0 aromatic heterocycles. The first-order valence-electron chi connectivity index (χ1n) is 7.43. The maximum absolute atomic E-state index is 11.8. The highest BCUT2D eigenvalue weighted by molar-refractivity contribution is 8.26. The Morgan fingerprint density at radius 1 is 1.24 bits per heavy atom. The lowest BCUT2D eigenvalue weighted by molar-refractivity contribution is -0.121. The number of likely N-dealkylation sites (N-methyl/N-ethyl adjacent to an activating group) is 1. The molecule has 2 rings (SSSR count). The summed E-state index contributed by atoms with van der Waals surface area (Å²) in [5.41, 5.74) is 0.741. The lowest BCUT2D eigenvalue weighted by atomic mass is 10.2. The topological polar surface area (TPSA) is 49.9 Å². The third-order valence-corrected chi connectivity index (χ3v) is 4.88. The summed E-state index contributed by atoms with van der Waals surface area (Å²) in [4.78, 5) is 27.2. The van der Waals surface area contributed by atoms with E-state index in [9.17, 15) is 9.59 Å². The van der Waals surface area contributed by atoms with Gasteiger partial charge in [-0.05, 0) is 36.4 Å². The van der Waals surface area contributed by atoms with Crippen LogP contribution in [0.2, 0.25) is 0 Å². The van der Waals surface area contributed by atoms with Crippen molar-refractivity contribution < 1.29 is 14.3 Å². The van der Waals surface area contributed by atoms with Gasteiger partial charge >= 0.3 is 0 Å². The first kappa shape index (κ1) is 19.0. The van der Waals surface area contributed by atoms with Crippen LogP contribution < -0.4 is 9.64 Å². The Balaban J connectivity index is 2.05. The number of allylic oxidation sites excluding steroid dienone is 4. The van der Waals surface area contributed by atoms with E-state index in [1.165, 1.54) is 28.5 Å². The number of nitrogens with zero attached hydrogens (tertiary/aromatic N) is 2. The highest BCUT2D eigenvalue weighted by Gasteiger charge is 2.27. The molecule has 5 nitrogen and oxygen atoms in total. The van der Waals surface area contributed by atoms with Gasteiger partial charge in [0.25, 0.3) is 5.91 Å². The molecule has 1 aromatic rings. The molecule has 0 bridgehead atoms. The number of methoxy groups -OCH3 is 1. The molecule has 0 spiro atoms. The molecule has 130 valence electrons. The van der Waals surface area contributed by atoms with Crippen LogP contribution in [0.5, 0.6) is 5.75 Å². The molecule has 7 heteroatoms. The van der Waals surface area contributed by atoms with Crippen LogP contribution in [-0.4, -0.2) is 35.2 Å². The first-order valence-corrected chi connectivity index (χ1v) is 8.65. The summed E-state index contributed by atoms with van der Waals surface area (Å²) in [6.07, 6.45) is 8.60. The minimum absolute atomic E-state index is 0.104. The fourth-order valence-electron chi connectivity index (χ4n) is 2.02.